The largest absolute Gasteiger partial charge is 0.324 e. The lowest BCUT2D eigenvalue weighted by Crippen LogP contribution is -2.32. The van der Waals surface area contributed by atoms with E-state index in [0.29, 0.717) is 5.92 Å². The Morgan fingerprint density at radius 2 is 1.94 bits per heavy atom. The van der Waals surface area contributed by atoms with E-state index in [1.807, 2.05) is 19.1 Å². The number of benzene rings is 1. The fraction of sp³-hybridized carbons (Fsp3) is 0.462. The van der Waals surface area contributed by atoms with Crippen molar-refractivity contribution in [1.29, 1.82) is 0 Å². The van der Waals surface area contributed by atoms with Crippen LogP contribution in [-0.4, -0.2) is 11.9 Å². The predicted octanol–water partition coefficient (Wildman–Crippen LogP) is 2.40. The summed E-state index contributed by atoms with van der Waals surface area (Å²) in [5.74, 6) is 0.301. The van der Waals surface area contributed by atoms with Crippen molar-refractivity contribution in [1.82, 2.24) is 0 Å². The molecule has 0 aromatic heterocycles. The lowest BCUT2D eigenvalue weighted by Gasteiger charge is -2.13. The SMILES string of the molecule is Cc1ccc(C(C)C)cc1NC(=O)C(C)N. The highest BCUT2D eigenvalue weighted by atomic mass is 16.2. The van der Waals surface area contributed by atoms with E-state index in [-0.39, 0.29) is 5.91 Å². The molecule has 0 radical (unpaired) electrons. The van der Waals surface area contributed by atoms with E-state index in [1.54, 1.807) is 6.92 Å². The molecule has 88 valence electrons. The first-order valence-electron chi connectivity index (χ1n) is 5.58. The zero-order chi connectivity index (χ0) is 12.3. The zero-order valence-corrected chi connectivity index (χ0v) is 10.4. The van der Waals surface area contributed by atoms with Crippen LogP contribution in [0.4, 0.5) is 5.69 Å². The molecule has 16 heavy (non-hydrogen) atoms. The molecule has 0 heterocycles. The van der Waals surface area contributed by atoms with Crippen molar-refractivity contribution in [3.8, 4) is 0 Å². The topological polar surface area (TPSA) is 55.1 Å². The van der Waals surface area contributed by atoms with Gasteiger partial charge in [-0.05, 0) is 37.0 Å². The standard InChI is InChI=1S/C13H20N2O/c1-8(2)11-6-5-9(3)12(7-11)15-13(16)10(4)14/h5-8,10H,14H2,1-4H3,(H,15,16). The van der Waals surface area contributed by atoms with Crippen molar-refractivity contribution in [2.45, 2.75) is 39.7 Å². The Hall–Kier alpha value is -1.35. The van der Waals surface area contributed by atoms with Crippen molar-refractivity contribution >= 4 is 11.6 Å². The Labute approximate surface area is 97.0 Å². The summed E-state index contributed by atoms with van der Waals surface area (Å²) in [6.07, 6.45) is 0. The molecule has 1 aromatic rings. The molecule has 3 heteroatoms. The maximum Gasteiger partial charge on any atom is 0.241 e. The number of carbonyl (C=O) groups is 1. The van der Waals surface area contributed by atoms with Crippen molar-refractivity contribution in [2.75, 3.05) is 5.32 Å². The smallest absolute Gasteiger partial charge is 0.241 e. The minimum Gasteiger partial charge on any atom is -0.324 e. The Morgan fingerprint density at radius 3 is 2.44 bits per heavy atom. The number of carbonyl (C=O) groups excluding carboxylic acids is 1. The molecular formula is C13H20N2O. The first kappa shape index (κ1) is 12.7. The van der Waals surface area contributed by atoms with Crippen LogP contribution in [0, 0.1) is 6.92 Å². The van der Waals surface area contributed by atoms with E-state index in [9.17, 15) is 4.79 Å². The molecule has 0 spiro atoms. The Balaban J connectivity index is 2.94. The monoisotopic (exact) mass is 220 g/mol. The fourth-order valence-electron chi connectivity index (χ4n) is 1.38. The quantitative estimate of drug-likeness (QED) is 0.821. The second kappa shape index (κ2) is 5.12. The number of aryl methyl sites for hydroxylation is 1. The predicted molar refractivity (Wildman–Crippen MR) is 67.5 cm³/mol. The summed E-state index contributed by atoms with van der Waals surface area (Å²) >= 11 is 0. The maximum atomic E-state index is 11.5. The Kier molecular flexibility index (Phi) is 4.07. The highest BCUT2D eigenvalue weighted by molar-refractivity contribution is 5.95. The van der Waals surface area contributed by atoms with Crippen LogP contribution in [0.25, 0.3) is 0 Å². The maximum absolute atomic E-state index is 11.5. The van der Waals surface area contributed by atoms with Crippen molar-refractivity contribution < 1.29 is 4.79 Å². The summed E-state index contributed by atoms with van der Waals surface area (Å²) in [5.41, 5.74) is 8.64. The molecule has 0 saturated carbocycles. The van der Waals surface area contributed by atoms with E-state index in [1.165, 1.54) is 5.56 Å². The van der Waals surface area contributed by atoms with Gasteiger partial charge < -0.3 is 11.1 Å². The van der Waals surface area contributed by atoms with Crippen LogP contribution in [0.2, 0.25) is 0 Å². The van der Waals surface area contributed by atoms with E-state index >= 15 is 0 Å². The van der Waals surface area contributed by atoms with E-state index in [4.69, 9.17) is 5.73 Å². The van der Waals surface area contributed by atoms with Gasteiger partial charge in [0, 0.05) is 5.69 Å². The highest BCUT2D eigenvalue weighted by Crippen LogP contribution is 2.22. The van der Waals surface area contributed by atoms with Gasteiger partial charge in [-0.15, -0.1) is 0 Å². The van der Waals surface area contributed by atoms with Gasteiger partial charge in [-0.25, -0.2) is 0 Å². The van der Waals surface area contributed by atoms with Crippen molar-refractivity contribution in [3.05, 3.63) is 29.3 Å². The third kappa shape index (κ3) is 3.07. The van der Waals surface area contributed by atoms with Gasteiger partial charge in [-0.1, -0.05) is 26.0 Å². The summed E-state index contributed by atoms with van der Waals surface area (Å²) in [6, 6.07) is 5.63. The number of hydrogen-bond acceptors (Lipinski definition) is 2. The van der Waals surface area contributed by atoms with Crippen molar-refractivity contribution in [3.63, 3.8) is 0 Å². The average Bonchev–Trinajstić information content (AvgIpc) is 2.20. The summed E-state index contributed by atoms with van der Waals surface area (Å²) in [4.78, 5) is 11.5. The average molecular weight is 220 g/mol. The molecule has 0 aliphatic rings. The molecule has 1 amide bonds. The summed E-state index contributed by atoms with van der Waals surface area (Å²) in [5, 5.41) is 2.84. The normalized spacial score (nSPS) is 12.6. The Morgan fingerprint density at radius 1 is 1.31 bits per heavy atom. The molecule has 1 atom stereocenters. The molecule has 0 aliphatic carbocycles. The van der Waals surface area contributed by atoms with Gasteiger partial charge in [0.05, 0.1) is 6.04 Å². The molecule has 1 unspecified atom stereocenters. The first-order valence-corrected chi connectivity index (χ1v) is 5.58. The lowest BCUT2D eigenvalue weighted by molar-refractivity contribution is -0.117. The number of hydrogen-bond donors (Lipinski definition) is 2. The van der Waals surface area contributed by atoms with Crippen LogP contribution in [0.3, 0.4) is 0 Å². The molecule has 3 N–H and O–H groups in total. The second-order valence-corrected chi connectivity index (χ2v) is 4.51. The van der Waals surface area contributed by atoms with Gasteiger partial charge in [0.2, 0.25) is 5.91 Å². The number of anilines is 1. The Bertz CT molecular complexity index is 384. The van der Waals surface area contributed by atoms with Crippen LogP contribution in [0.5, 0.6) is 0 Å². The van der Waals surface area contributed by atoms with E-state index in [2.05, 4.69) is 25.2 Å². The van der Waals surface area contributed by atoms with Crippen LogP contribution in [0.1, 0.15) is 37.8 Å². The van der Waals surface area contributed by atoms with Gasteiger partial charge in [-0.3, -0.25) is 4.79 Å². The van der Waals surface area contributed by atoms with Crippen LogP contribution >= 0.6 is 0 Å². The molecule has 0 bridgehead atoms. The van der Waals surface area contributed by atoms with Gasteiger partial charge in [-0.2, -0.15) is 0 Å². The number of nitrogens with one attached hydrogen (secondary N) is 1. The van der Waals surface area contributed by atoms with Crippen molar-refractivity contribution in [2.24, 2.45) is 5.73 Å². The minimum atomic E-state index is -0.484. The van der Waals surface area contributed by atoms with Gasteiger partial charge in [0.1, 0.15) is 0 Å². The summed E-state index contributed by atoms with van der Waals surface area (Å²) in [6.45, 7) is 7.90. The number of rotatable bonds is 3. The zero-order valence-electron chi connectivity index (χ0n) is 10.4. The molecule has 3 nitrogen and oxygen atoms in total. The van der Waals surface area contributed by atoms with Crippen LogP contribution in [-0.2, 0) is 4.79 Å². The minimum absolute atomic E-state index is 0.149. The van der Waals surface area contributed by atoms with Gasteiger partial charge in [0.25, 0.3) is 0 Å². The number of nitrogens with two attached hydrogens (primary N) is 1. The van der Waals surface area contributed by atoms with Gasteiger partial charge in [0.15, 0.2) is 0 Å². The van der Waals surface area contributed by atoms with E-state index in [0.717, 1.165) is 11.3 Å². The second-order valence-electron chi connectivity index (χ2n) is 4.51. The lowest BCUT2D eigenvalue weighted by atomic mass is 10.0. The molecule has 1 aromatic carbocycles. The third-order valence-corrected chi connectivity index (χ3v) is 2.60. The number of amides is 1. The molecule has 0 fully saturated rings. The molecule has 1 rings (SSSR count). The summed E-state index contributed by atoms with van der Waals surface area (Å²) < 4.78 is 0. The van der Waals surface area contributed by atoms with E-state index < -0.39 is 6.04 Å². The van der Waals surface area contributed by atoms with Crippen LogP contribution < -0.4 is 11.1 Å². The molecular weight excluding hydrogens is 200 g/mol. The highest BCUT2D eigenvalue weighted by Gasteiger charge is 2.10. The molecule has 0 aliphatic heterocycles. The first-order chi connectivity index (χ1) is 7.41. The third-order valence-electron chi connectivity index (χ3n) is 2.60. The van der Waals surface area contributed by atoms with Crippen LogP contribution in [0.15, 0.2) is 18.2 Å². The molecule has 0 saturated heterocycles. The fourth-order valence-corrected chi connectivity index (χ4v) is 1.38. The van der Waals surface area contributed by atoms with Gasteiger partial charge >= 0.3 is 0 Å². The summed E-state index contributed by atoms with van der Waals surface area (Å²) in [7, 11) is 0.